The lowest BCUT2D eigenvalue weighted by Gasteiger charge is -2.37. The number of alkyl carbamates (subject to hydrolysis) is 1. The van der Waals surface area contributed by atoms with Gasteiger partial charge in [0.2, 0.25) is 0 Å². The van der Waals surface area contributed by atoms with E-state index in [1.165, 1.54) is 5.56 Å². The molecule has 0 bridgehead atoms. The minimum absolute atomic E-state index is 0.0181. The van der Waals surface area contributed by atoms with Crippen molar-refractivity contribution in [1.82, 2.24) is 5.32 Å². The number of furan rings is 1. The molecule has 2 rings (SSSR count). The van der Waals surface area contributed by atoms with Crippen LogP contribution in [0.15, 0.2) is 46.9 Å². The standard InChI is InChI=1S/C29H41NO5/c1-7-29(8-2,20-28(6,21-31)30-26(33)35-27(3,4)5)25-19-18-24(34-25)23(32)17-13-12-16-22-14-10-9-11-15-22/h9-11,14-15,18-19,21H,7-8,12-13,16-17,20H2,1-6H3,(H,30,33)/t28-/m1/s1. The molecule has 1 heterocycles. The van der Waals surface area contributed by atoms with Gasteiger partial charge in [0.25, 0.3) is 0 Å². The summed E-state index contributed by atoms with van der Waals surface area (Å²) in [4.78, 5) is 37.2. The first kappa shape index (κ1) is 28.3. The van der Waals surface area contributed by atoms with Crippen LogP contribution in [0.1, 0.15) is 102 Å². The zero-order valence-corrected chi connectivity index (χ0v) is 22.1. The second-order valence-electron chi connectivity index (χ2n) is 10.6. The topological polar surface area (TPSA) is 85.6 Å². The van der Waals surface area contributed by atoms with Gasteiger partial charge in [-0.1, -0.05) is 44.2 Å². The predicted molar refractivity (Wildman–Crippen MR) is 138 cm³/mol. The van der Waals surface area contributed by atoms with Crippen molar-refractivity contribution in [2.75, 3.05) is 0 Å². The molecule has 1 N–H and O–H groups in total. The first-order valence-corrected chi connectivity index (χ1v) is 12.6. The van der Waals surface area contributed by atoms with Crippen molar-refractivity contribution in [2.45, 2.75) is 103 Å². The fourth-order valence-electron chi connectivity index (χ4n) is 4.45. The van der Waals surface area contributed by atoms with Crippen LogP contribution < -0.4 is 5.32 Å². The molecule has 0 unspecified atom stereocenters. The van der Waals surface area contributed by atoms with E-state index in [9.17, 15) is 14.4 Å². The number of nitrogens with one attached hydrogen (secondary N) is 1. The minimum atomic E-state index is -1.15. The lowest BCUT2D eigenvalue weighted by molar-refractivity contribution is -0.113. The quantitative estimate of drug-likeness (QED) is 0.192. The van der Waals surface area contributed by atoms with Gasteiger partial charge in [0.1, 0.15) is 17.6 Å². The summed E-state index contributed by atoms with van der Waals surface area (Å²) in [5, 5.41) is 2.73. The Labute approximate surface area is 209 Å². The Balaban J connectivity index is 2.07. The van der Waals surface area contributed by atoms with Crippen LogP contribution in [0.2, 0.25) is 0 Å². The number of carbonyl (C=O) groups is 3. The molecule has 0 aliphatic rings. The third kappa shape index (κ3) is 8.37. The molecule has 0 radical (unpaired) electrons. The number of carbonyl (C=O) groups excluding carboxylic acids is 3. The van der Waals surface area contributed by atoms with Crippen LogP contribution in [0.3, 0.4) is 0 Å². The van der Waals surface area contributed by atoms with Gasteiger partial charge >= 0.3 is 6.09 Å². The van der Waals surface area contributed by atoms with Gasteiger partial charge in [-0.3, -0.25) is 4.79 Å². The van der Waals surface area contributed by atoms with Crippen LogP contribution in [-0.4, -0.2) is 29.3 Å². The number of rotatable bonds is 13. The summed E-state index contributed by atoms with van der Waals surface area (Å²) in [5.74, 6) is 0.989. The van der Waals surface area contributed by atoms with E-state index in [0.29, 0.717) is 37.2 Å². The largest absolute Gasteiger partial charge is 0.457 e. The van der Waals surface area contributed by atoms with E-state index in [-0.39, 0.29) is 5.78 Å². The van der Waals surface area contributed by atoms with Crippen molar-refractivity contribution < 1.29 is 23.5 Å². The fourth-order valence-corrected chi connectivity index (χ4v) is 4.45. The van der Waals surface area contributed by atoms with Crippen LogP contribution >= 0.6 is 0 Å². The third-order valence-electron chi connectivity index (χ3n) is 6.47. The molecule has 0 saturated carbocycles. The Bertz CT molecular complexity index is 968. The first-order chi connectivity index (χ1) is 16.5. The average molecular weight is 484 g/mol. The highest BCUT2D eigenvalue weighted by molar-refractivity contribution is 5.93. The average Bonchev–Trinajstić information content (AvgIpc) is 3.31. The monoisotopic (exact) mass is 483 g/mol. The number of benzene rings is 1. The Morgan fingerprint density at radius 3 is 2.20 bits per heavy atom. The van der Waals surface area contributed by atoms with Crippen LogP contribution in [0.5, 0.6) is 0 Å². The van der Waals surface area contributed by atoms with E-state index in [1.807, 2.05) is 38.1 Å². The van der Waals surface area contributed by atoms with Crippen molar-refractivity contribution in [3.63, 3.8) is 0 Å². The van der Waals surface area contributed by atoms with Crippen molar-refractivity contribution in [3.05, 3.63) is 59.5 Å². The van der Waals surface area contributed by atoms with Crippen molar-refractivity contribution >= 4 is 18.2 Å². The highest BCUT2D eigenvalue weighted by Gasteiger charge is 2.41. The molecule has 6 heteroatoms. The summed E-state index contributed by atoms with van der Waals surface area (Å²) in [7, 11) is 0. The summed E-state index contributed by atoms with van der Waals surface area (Å²) < 4.78 is 11.4. The Kier molecular flexibility index (Phi) is 9.87. The molecule has 0 aliphatic carbocycles. The van der Waals surface area contributed by atoms with Gasteiger partial charge in [-0.25, -0.2) is 4.79 Å². The van der Waals surface area contributed by atoms with E-state index in [1.54, 1.807) is 33.8 Å². The number of unbranched alkanes of at least 4 members (excludes halogenated alkanes) is 1. The lowest BCUT2D eigenvalue weighted by Crippen LogP contribution is -2.52. The molecule has 192 valence electrons. The van der Waals surface area contributed by atoms with Crippen molar-refractivity contribution in [1.29, 1.82) is 0 Å². The maximum Gasteiger partial charge on any atom is 0.408 e. The SMILES string of the molecule is CCC(CC)(C[C@](C)(C=O)NC(=O)OC(C)(C)C)c1ccc(C(=O)CCCCc2ccccc2)o1. The molecule has 1 aromatic carbocycles. The summed E-state index contributed by atoms with van der Waals surface area (Å²) in [6.07, 6.45) is 4.90. The first-order valence-electron chi connectivity index (χ1n) is 12.6. The Hall–Kier alpha value is -2.89. The zero-order valence-electron chi connectivity index (χ0n) is 22.1. The Morgan fingerprint density at radius 1 is 0.971 bits per heavy atom. The zero-order chi connectivity index (χ0) is 26.1. The predicted octanol–water partition coefficient (Wildman–Crippen LogP) is 6.81. The summed E-state index contributed by atoms with van der Waals surface area (Å²) in [5.41, 5.74) is -1.06. The van der Waals surface area contributed by atoms with E-state index in [4.69, 9.17) is 9.15 Å². The highest BCUT2D eigenvalue weighted by atomic mass is 16.6. The van der Waals surface area contributed by atoms with Crippen LogP contribution in [-0.2, 0) is 21.4 Å². The number of aldehydes is 1. The highest BCUT2D eigenvalue weighted by Crippen LogP contribution is 2.40. The second-order valence-corrected chi connectivity index (χ2v) is 10.6. The summed E-state index contributed by atoms with van der Waals surface area (Å²) in [6, 6.07) is 13.8. The third-order valence-corrected chi connectivity index (χ3v) is 6.47. The maximum atomic E-state index is 12.8. The van der Waals surface area contributed by atoms with Crippen LogP contribution in [0.25, 0.3) is 0 Å². The number of ketones is 1. The van der Waals surface area contributed by atoms with Gasteiger partial charge in [0.15, 0.2) is 11.5 Å². The van der Waals surface area contributed by atoms with Crippen LogP contribution in [0, 0.1) is 0 Å². The maximum absolute atomic E-state index is 12.8. The molecular formula is C29H41NO5. The van der Waals surface area contributed by atoms with Gasteiger partial charge in [-0.15, -0.1) is 0 Å². The number of hydrogen-bond acceptors (Lipinski definition) is 5. The number of aryl methyl sites for hydroxylation is 1. The summed E-state index contributed by atoms with van der Waals surface area (Å²) >= 11 is 0. The van der Waals surface area contributed by atoms with Gasteiger partial charge in [-0.05, 0) is 83.9 Å². The molecule has 6 nitrogen and oxygen atoms in total. The molecule has 0 fully saturated rings. The summed E-state index contributed by atoms with van der Waals surface area (Å²) in [6.45, 7) is 11.1. The minimum Gasteiger partial charge on any atom is -0.457 e. The fraction of sp³-hybridized carbons (Fsp3) is 0.552. The van der Waals surface area contributed by atoms with E-state index in [0.717, 1.165) is 25.5 Å². The van der Waals surface area contributed by atoms with Gasteiger partial charge in [0.05, 0.1) is 5.54 Å². The molecule has 0 aliphatic heterocycles. The molecule has 0 spiro atoms. The van der Waals surface area contributed by atoms with E-state index < -0.39 is 22.6 Å². The molecule has 0 saturated heterocycles. The van der Waals surface area contributed by atoms with E-state index >= 15 is 0 Å². The molecule has 1 amide bonds. The second kappa shape index (κ2) is 12.2. The van der Waals surface area contributed by atoms with Crippen molar-refractivity contribution in [3.8, 4) is 0 Å². The van der Waals surface area contributed by atoms with E-state index in [2.05, 4.69) is 17.4 Å². The van der Waals surface area contributed by atoms with Crippen LogP contribution in [0.4, 0.5) is 4.79 Å². The molecule has 35 heavy (non-hydrogen) atoms. The molecular weight excluding hydrogens is 442 g/mol. The number of ether oxygens (including phenoxy) is 1. The van der Waals surface area contributed by atoms with Gasteiger partial charge in [0, 0.05) is 11.8 Å². The van der Waals surface area contributed by atoms with Gasteiger partial charge < -0.3 is 19.3 Å². The lowest BCUT2D eigenvalue weighted by atomic mass is 9.71. The number of hydrogen-bond donors (Lipinski definition) is 1. The number of amides is 1. The molecule has 1 aromatic heterocycles. The van der Waals surface area contributed by atoms with Crippen molar-refractivity contribution in [2.24, 2.45) is 0 Å². The van der Waals surface area contributed by atoms with Gasteiger partial charge in [-0.2, -0.15) is 0 Å². The smallest absolute Gasteiger partial charge is 0.408 e. The molecule has 2 aromatic rings. The molecule has 1 atom stereocenters. The number of Topliss-reactive ketones (excluding diaryl/α,β-unsaturated/α-hetero) is 1. The Morgan fingerprint density at radius 2 is 1.63 bits per heavy atom. The normalized spacial score (nSPS) is 13.7.